The van der Waals surface area contributed by atoms with E-state index in [1.54, 1.807) is 21.4 Å². The van der Waals surface area contributed by atoms with Crippen molar-refractivity contribution in [2.75, 3.05) is 6.61 Å². The van der Waals surface area contributed by atoms with Crippen LogP contribution in [0.15, 0.2) is 59.5 Å². The first-order valence-electron chi connectivity index (χ1n) is 9.11. The van der Waals surface area contributed by atoms with Crippen LogP contribution in [-0.2, 0) is 6.42 Å². The Morgan fingerprint density at radius 2 is 1.68 bits per heavy atom. The van der Waals surface area contributed by atoms with Crippen LogP contribution < -0.4 is 10.3 Å². The van der Waals surface area contributed by atoms with E-state index < -0.39 is 0 Å². The Morgan fingerprint density at radius 1 is 1.00 bits per heavy atom. The van der Waals surface area contributed by atoms with Crippen LogP contribution in [0.1, 0.15) is 19.7 Å². The van der Waals surface area contributed by atoms with Gasteiger partial charge in [0.2, 0.25) is 0 Å². The van der Waals surface area contributed by atoms with Gasteiger partial charge in [0.1, 0.15) is 22.8 Å². The topological polar surface area (TPSA) is 61.9 Å². The molecule has 0 bridgehead atoms. The van der Waals surface area contributed by atoms with Crippen LogP contribution in [0.25, 0.3) is 22.4 Å². The SMILES string of the molecule is CCOc1ccc(-n2c(CC)nc3c(cnn3-c3ccc(F)cc3)c2=O)cc1. The predicted molar refractivity (Wildman–Crippen MR) is 105 cm³/mol. The van der Waals surface area contributed by atoms with Crippen molar-refractivity contribution in [1.29, 1.82) is 0 Å². The maximum atomic E-state index is 13.2. The number of aryl methyl sites for hydroxylation is 1. The molecule has 6 nitrogen and oxygen atoms in total. The summed E-state index contributed by atoms with van der Waals surface area (Å²) in [5, 5.41) is 4.70. The monoisotopic (exact) mass is 378 g/mol. The Hall–Kier alpha value is -3.48. The lowest BCUT2D eigenvalue weighted by molar-refractivity contribution is 0.340. The van der Waals surface area contributed by atoms with Gasteiger partial charge in [-0.3, -0.25) is 9.36 Å². The minimum Gasteiger partial charge on any atom is -0.494 e. The Balaban J connectivity index is 1.88. The summed E-state index contributed by atoms with van der Waals surface area (Å²) in [4.78, 5) is 17.9. The van der Waals surface area contributed by atoms with Gasteiger partial charge < -0.3 is 4.74 Å². The fourth-order valence-corrected chi connectivity index (χ4v) is 3.14. The van der Waals surface area contributed by atoms with Crippen LogP contribution in [0, 0.1) is 5.82 Å². The van der Waals surface area contributed by atoms with Crippen molar-refractivity contribution in [3.8, 4) is 17.1 Å². The summed E-state index contributed by atoms with van der Waals surface area (Å²) in [5.74, 6) is 1.03. The van der Waals surface area contributed by atoms with Gasteiger partial charge in [0.25, 0.3) is 5.56 Å². The molecule has 0 spiro atoms. The minimum atomic E-state index is -0.333. The highest BCUT2D eigenvalue weighted by molar-refractivity contribution is 5.75. The molecule has 0 aliphatic heterocycles. The molecule has 2 aromatic heterocycles. The van der Waals surface area contributed by atoms with Gasteiger partial charge >= 0.3 is 0 Å². The van der Waals surface area contributed by atoms with Crippen LogP contribution in [-0.4, -0.2) is 25.9 Å². The van der Waals surface area contributed by atoms with E-state index in [2.05, 4.69) is 10.1 Å². The molecule has 4 rings (SSSR count). The van der Waals surface area contributed by atoms with Crippen LogP contribution in [0.4, 0.5) is 4.39 Å². The van der Waals surface area contributed by atoms with Crippen LogP contribution >= 0.6 is 0 Å². The fraction of sp³-hybridized carbons (Fsp3) is 0.190. The minimum absolute atomic E-state index is 0.195. The number of nitrogens with zero attached hydrogens (tertiary/aromatic N) is 4. The maximum absolute atomic E-state index is 13.2. The first kappa shape index (κ1) is 17.9. The summed E-state index contributed by atoms with van der Waals surface area (Å²) in [7, 11) is 0. The third kappa shape index (κ3) is 3.05. The number of fused-ring (bicyclic) bond motifs is 1. The highest BCUT2D eigenvalue weighted by Crippen LogP contribution is 2.19. The van der Waals surface area contributed by atoms with Gasteiger partial charge in [-0.2, -0.15) is 5.10 Å². The Bertz CT molecular complexity index is 1180. The highest BCUT2D eigenvalue weighted by atomic mass is 19.1. The van der Waals surface area contributed by atoms with Gasteiger partial charge in [0, 0.05) is 6.42 Å². The number of aromatic nitrogens is 4. The van der Waals surface area contributed by atoms with Gasteiger partial charge in [0.05, 0.1) is 24.2 Å². The quantitative estimate of drug-likeness (QED) is 0.532. The lowest BCUT2D eigenvalue weighted by atomic mass is 10.2. The average Bonchev–Trinajstić information content (AvgIpc) is 3.14. The zero-order valence-electron chi connectivity index (χ0n) is 15.6. The number of benzene rings is 2. The second-order valence-corrected chi connectivity index (χ2v) is 6.22. The van der Waals surface area contributed by atoms with Crippen LogP contribution in [0.5, 0.6) is 5.75 Å². The summed E-state index contributed by atoms with van der Waals surface area (Å²) in [6.07, 6.45) is 2.06. The molecule has 0 radical (unpaired) electrons. The molecular formula is C21H19FN4O2. The lowest BCUT2D eigenvalue weighted by Gasteiger charge is -2.12. The third-order valence-electron chi connectivity index (χ3n) is 4.46. The summed E-state index contributed by atoms with van der Waals surface area (Å²) in [6.45, 7) is 4.44. The summed E-state index contributed by atoms with van der Waals surface area (Å²) in [6, 6.07) is 13.2. The molecule has 0 saturated carbocycles. The van der Waals surface area contributed by atoms with Gasteiger partial charge in [-0.05, 0) is 55.5 Å². The number of hydrogen-bond acceptors (Lipinski definition) is 4. The summed E-state index contributed by atoms with van der Waals surface area (Å²) >= 11 is 0. The van der Waals surface area contributed by atoms with E-state index in [4.69, 9.17) is 4.74 Å². The number of hydrogen-bond donors (Lipinski definition) is 0. The molecule has 0 aliphatic carbocycles. The van der Waals surface area contributed by atoms with Crippen LogP contribution in [0.2, 0.25) is 0 Å². The van der Waals surface area contributed by atoms with E-state index in [0.29, 0.717) is 41.3 Å². The fourth-order valence-electron chi connectivity index (χ4n) is 3.14. The molecule has 0 fully saturated rings. The molecular weight excluding hydrogens is 359 g/mol. The van der Waals surface area contributed by atoms with Crippen molar-refractivity contribution < 1.29 is 9.13 Å². The summed E-state index contributed by atoms with van der Waals surface area (Å²) < 4.78 is 21.9. The number of ether oxygens (including phenoxy) is 1. The second kappa shape index (κ2) is 7.26. The standard InChI is InChI=1S/C21H19FN4O2/c1-3-19-24-20-18(13-23-26(20)16-7-5-14(22)6-8-16)21(27)25(19)15-9-11-17(12-10-15)28-4-2/h5-13H,3-4H2,1-2H3. The molecule has 7 heteroatoms. The van der Waals surface area contributed by atoms with Crippen LogP contribution in [0.3, 0.4) is 0 Å². The lowest BCUT2D eigenvalue weighted by Crippen LogP contribution is -2.23. The van der Waals surface area contributed by atoms with Gasteiger partial charge in [-0.1, -0.05) is 6.92 Å². The highest BCUT2D eigenvalue weighted by Gasteiger charge is 2.16. The first-order chi connectivity index (χ1) is 13.6. The molecule has 2 aromatic carbocycles. The van der Waals surface area contributed by atoms with E-state index >= 15 is 0 Å². The van der Waals surface area contributed by atoms with E-state index in [1.165, 1.54) is 18.3 Å². The normalized spacial score (nSPS) is 11.1. The number of halogens is 1. The third-order valence-corrected chi connectivity index (χ3v) is 4.46. The molecule has 0 atom stereocenters. The van der Waals surface area contributed by atoms with Crippen molar-refractivity contribution in [2.45, 2.75) is 20.3 Å². The molecule has 0 amide bonds. The smallest absolute Gasteiger partial charge is 0.269 e. The van der Waals surface area contributed by atoms with Crippen molar-refractivity contribution in [2.24, 2.45) is 0 Å². The zero-order valence-corrected chi connectivity index (χ0v) is 15.6. The van der Waals surface area contributed by atoms with Gasteiger partial charge in [-0.25, -0.2) is 14.1 Å². The molecule has 142 valence electrons. The van der Waals surface area contributed by atoms with Crippen molar-refractivity contribution in [3.63, 3.8) is 0 Å². The Kier molecular flexibility index (Phi) is 4.65. The molecule has 0 N–H and O–H groups in total. The maximum Gasteiger partial charge on any atom is 0.269 e. The van der Waals surface area contributed by atoms with E-state index in [1.807, 2.05) is 38.1 Å². The van der Waals surface area contributed by atoms with Gasteiger partial charge in [-0.15, -0.1) is 0 Å². The van der Waals surface area contributed by atoms with Crippen molar-refractivity contribution in [1.82, 2.24) is 19.3 Å². The second-order valence-electron chi connectivity index (χ2n) is 6.22. The summed E-state index contributed by atoms with van der Waals surface area (Å²) in [5.41, 5.74) is 1.62. The Morgan fingerprint density at radius 3 is 2.32 bits per heavy atom. The molecule has 0 saturated heterocycles. The van der Waals surface area contributed by atoms with E-state index in [0.717, 1.165) is 5.75 Å². The average molecular weight is 378 g/mol. The molecule has 0 aliphatic rings. The van der Waals surface area contributed by atoms with Gasteiger partial charge in [0.15, 0.2) is 5.65 Å². The predicted octanol–water partition coefficient (Wildman–Crippen LogP) is 3.67. The number of rotatable bonds is 5. The van der Waals surface area contributed by atoms with Crippen molar-refractivity contribution >= 4 is 11.0 Å². The molecule has 2 heterocycles. The largest absolute Gasteiger partial charge is 0.494 e. The molecule has 4 aromatic rings. The Labute approximate surface area is 160 Å². The van der Waals surface area contributed by atoms with E-state index in [9.17, 15) is 9.18 Å². The first-order valence-corrected chi connectivity index (χ1v) is 9.11. The molecule has 28 heavy (non-hydrogen) atoms. The van der Waals surface area contributed by atoms with E-state index in [-0.39, 0.29) is 11.4 Å². The zero-order chi connectivity index (χ0) is 19.7. The van der Waals surface area contributed by atoms with Crippen molar-refractivity contribution in [3.05, 3.63) is 76.7 Å². The molecule has 0 unspecified atom stereocenters.